The minimum Gasteiger partial charge on any atom is -0.502 e. The summed E-state index contributed by atoms with van der Waals surface area (Å²) in [7, 11) is 1.71. The highest BCUT2D eigenvalue weighted by Gasteiger charge is 2.23. The fourth-order valence-electron chi connectivity index (χ4n) is 5.23. The monoisotopic (exact) mass is 567 g/mol. The van der Waals surface area contributed by atoms with Crippen LogP contribution in [0.25, 0.3) is 22.6 Å². The van der Waals surface area contributed by atoms with Crippen LogP contribution in [-0.2, 0) is 24.4 Å². The summed E-state index contributed by atoms with van der Waals surface area (Å²) < 4.78 is 24.7. The first-order chi connectivity index (χ1) is 20.7. The van der Waals surface area contributed by atoms with Gasteiger partial charge in [-0.1, -0.05) is 61.9 Å². The van der Waals surface area contributed by atoms with Gasteiger partial charge in [-0.3, -0.25) is 4.90 Å². The van der Waals surface area contributed by atoms with E-state index in [0.717, 1.165) is 85.3 Å². The average molecular weight is 568 g/mol. The third-order valence-electron chi connectivity index (χ3n) is 7.37. The van der Waals surface area contributed by atoms with Crippen LogP contribution in [-0.4, -0.2) is 41.5 Å². The van der Waals surface area contributed by atoms with Gasteiger partial charge in [0.1, 0.15) is 11.6 Å². The Kier molecular flexibility index (Phi) is 10.2. The van der Waals surface area contributed by atoms with Crippen molar-refractivity contribution >= 4 is 0 Å². The normalized spacial score (nSPS) is 12.4. The molecule has 0 radical (unpaired) electrons. The molecule has 0 unspecified atom stereocenters. The van der Waals surface area contributed by atoms with Crippen LogP contribution in [0.15, 0.2) is 85.1 Å². The number of benzene rings is 3. The molecule has 0 aliphatic carbocycles. The lowest BCUT2D eigenvalue weighted by atomic mass is 10.1. The van der Waals surface area contributed by atoms with Crippen LogP contribution in [0.3, 0.4) is 0 Å². The van der Waals surface area contributed by atoms with Gasteiger partial charge in [0.2, 0.25) is 6.79 Å². The van der Waals surface area contributed by atoms with E-state index in [4.69, 9.17) is 23.9 Å². The summed E-state index contributed by atoms with van der Waals surface area (Å²) in [5.41, 5.74) is 5.54. The number of ether oxygens (including phenoxy) is 4. The quantitative estimate of drug-likeness (QED) is 0.137. The summed E-state index contributed by atoms with van der Waals surface area (Å²) in [6, 6.07) is 25.0. The van der Waals surface area contributed by atoms with Crippen molar-refractivity contribution in [3.8, 4) is 39.9 Å². The molecule has 0 atom stereocenters. The highest BCUT2D eigenvalue weighted by Crippen LogP contribution is 2.35. The van der Waals surface area contributed by atoms with Crippen molar-refractivity contribution in [2.24, 2.45) is 0 Å². The summed E-state index contributed by atoms with van der Waals surface area (Å²) in [5, 5.41) is 0. The van der Waals surface area contributed by atoms with E-state index in [0.29, 0.717) is 6.61 Å². The van der Waals surface area contributed by atoms with E-state index in [1.165, 1.54) is 11.3 Å². The fraction of sp³-hybridized carbons (Fsp3) is 0.343. The Labute approximate surface area is 249 Å². The SMILES string of the molecule is CCCCn1c(-c2ccccc2)nc(-c2cccc(OC)c2)c1CN(CC/C=C/OCC)Cc1ccc2c(c1)OCO2. The van der Waals surface area contributed by atoms with Gasteiger partial charge in [0, 0.05) is 37.3 Å². The van der Waals surface area contributed by atoms with Crippen molar-refractivity contribution in [2.75, 3.05) is 27.1 Å². The number of unbranched alkanes of at least 4 members (excludes halogenated alkanes) is 1. The molecule has 0 N–H and O–H groups in total. The molecule has 220 valence electrons. The fourth-order valence-corrected chi connectivity index (χ4v) is 5.23. The van der Waals surface area contributed by atoms with Crippen LogP contribution < -0.4 is 14.2 Å². The Morgan fingerprint density at radius 2 is 1.76 bits per heavy atom. The smallest absolute Gasteiger partial charge is 0.231 e. The van der Waals surface area contributed by atoms with Crippen LogP contribution in [0.1, 0.15) is 44.4 Å². The average Bonchev–Trinajstić information content (AvgIpc) is 3.64. The molecule has 42 heavy (non-hydrogen) atoms. The maximum atomic E-state index is 5.68. The van der Waals surface area contributed by atoms with E-state index in [1.54, 1.807) is 13.4 Å². The van der Waals surface area contributed by atoms with Crippen molar-refractivity contribution in [2.45, 2.75) is 52.7 Å². The summed E-state index contributed by atoms with van der Waals surface area (Å²) >= 11 is 0. The number of aromatic nitrogens is 2. The van der Waals surface area contributed by atoms with E-state index in [1.807, 2.05) is 25.1 Å². The van der Waals surface area contributed by atoms with E-state index in [9.17, 15) is 0 Å². The van der Waals surface area contributed by atoms with Gasteiger partial charge in [0.25, 0.3) is 0 Å². The number of hydrogen-bond donors (Lipinski definition) is 0. The van der Waals surface area contributed by atoms with Gasteiger partial charge in [-0.2, -0.15) is 0 Å². The lowest BCUT2D eigenvalue weighted by Crippen LogP contribution is -2.26. The van der Waals surface area contributed by atoms with E-state index >= 15 is 0 Å². The zero-order valence-electron chi connectivity index (χ0n) is 24.9. The third kappa shape index (κ3) is 7.15. The summed E-state index contributed by atoms with van der Waals surface area (Å²) in [4.78, 5) is 7.80. The number of hydrogen-bond acceptors (Lipinski definition) is 6. The molecule has 3 aromatic carbocycles. The Morgan fingerprint density at radius 3 is 2.57 bits per heavy atom. The van der Waals surface area contributed by atoms with Crippen molar-refractivity contribution in [1.82, 2.24) is 14.5 Å². The second-order valence-corrected chi connectivity index (χ2v) is 10.3. The Bertz CT molecular complexity index is 1460. The second-order valence-electron chi connectivity index (χ2n) is 10.3. The van der Waals surface area contributed by atoms with Gasteiger partial charge in [0.05, 0.1) is 31.4 Å². The molecule has 0 spiro atoms. The van der Waals surface area contributed by atoms with Gasteiger partial charge in [-0.25, -0.2) is 4.98 Å². The molecule has 4 aromatic rings. The largest absolute Gasteiger partial charge is 0.502 e. The molecule has 0 saturated heterocycles. The van der Waals surface area contributed by atoms with E-state index in [-0.39, 0.29) is 6.79 Å². The molecule has 1 aliphatic heterocycles. The van der Waals surface area contributed by atoms with Crippen LogP contribution >= 0.6 is 0 Å². The lowest BCUT2D eigenvalue weighted by Gasteiger charge is -2.24. The second kappa shape index (κ2) is 14.6. The number of nitrogens with zero attached hydrogens (tertiary/aromatic N) is 3. The Morgan fingerprint density at radius 1 is 0.929 bits per heavy atom. The van der Waals surface area contributed by atoms with Gasteiger partial charge >= 0.3 is 0 Å². The van der Waals surface area contributed by atoms with Gasteiger partial charge < -0.3 is 23.5 Å². The van der Waals surface area contributed by atoms with Crippen LogP contribution in [0, 0.1) is 0 Å². The molecule has 1 aliphatic rings. The summed E-state index contributed by atoms with van der Waals surface area (Å²) in [6.45, 7) is 8.41. The topological polar surface area (TPSA) is 58.0 Å². The van der Waals surface area contributed by atoms with Crippen LogP contribution in [0.5, 0.6) is 17.2 Å². The number of rotatable bonds is 15. The molecule has 0 saturated carbocycles. The molecule has 1 aromatic heterocycles. The first-order valence-corrected chi connectivity index (χ1v) is 14.9. The minimum atomic E-state index is 0.271. The molecule has 0 amide bonds. The van der Waals surface area contributed by atoms with E-state index in [2.05, 4.69) is 77.1 Å². The number of imidazole rings is 1. The molecule has 0 bridgehead atoms. The minimum absolute atomic E-state index is 0.271. The predicted octanol–water partition coefficient (Wildman–Crippen LogP) is 7.70. The first kappa shape index (κ1) is 29.3. The standard InChI is InChI=1S/C35H41N3O4/c1-4-6-20-38-31(34(29-15-12-16-30(23-29)39-3)36-35(38)28-13-8-7-9-14-28)25-37(19-10-11-21-40-5-2)24-27-17-18-32-33(22-27)42-26-41-32/h7-9,11-18,21-23H,4-6,10,19-20,24-26H2,1-3H3/b21-11+. The van der Waals surface area contributed by atoms with Crippen LogP contribution in [0.2, 0.25) is 0 Å². The van der Waals surface area contributed by atoms with Gasteiger partial charge in [-0.05, 0) is 55.7 Å². The molecule has 5 rings (SSSR count). The Hall–Kier alpha value is -4.23. The molecule has 0 fully saturated rings. The van der Waals surface area contributed by atoms with Crippen LogP contribution in [0.4, 0.5) is 0 Å². The number of fused-ring (bicyclic) bond motifs is 1. The molecular formula is C35H41N3O4. The Balaban J connectivity index is 1.56. The maximum Gasteiger partial charge on any atom is 0.231 e. The maximum absolute atomic E-state index is 5.68. The lowest BCUT2D eigenvalue weighted by molar-refractivity contribution is 0.174. The van der Waals surface area contributed by atoms with Gasteiger partial charge in [0.15, 0.2) is 11.5 Å². The zero-order chi connectivity index (χ0) is 29.1. The highest BCUT2D eigenvalue weighted by molar-refractivity contribution is 5.69. The van der Waals surface area contributed by atoms with Crippen molar-refractivity contribution in [1.29, 1.82) is 0 Å². The predicted molar refractivity (Wildman–Crippen MR) is 167 cm³/mol. The van der Waals surface area contributed by atoms with Crippen molar-refractivity contribution in [3.05, 3.63) is 96.4 Å². The molecule has 7 heteroatoms. The summed E-state index contributed by atoms with van der Waals surface area (Å²) in [6.07, 6.45) is 6.94. The van der Waals surface area contributed by atoms with Crippen molar-refractivity contribution < 1.29 is 18.9 Å². The molecule has 2 heterocycles. The third-order valence-corrected chi connectivity index (χ3v) is 7.37. The zero-order valence-corrected chi connectivity index (χ0v) is 24.9. The van der Waals surface area contributed by atoms with E-state index < -0.39 is 0 Å². The highest BCUT2D eigenvalue weighted by atomic mass is 16.7. The van der Waals surface area contributed by atoms with Crippen molar-refractivity contribution in [3.63, 3.8) is 0 Å². The van der Waals surface area contributed by atoms with Gasteiger partial charge in [-0.15, -0.1) is 0 Å². The molecule has 7 nitrogen and oxygen atoms in total. The first-order valence-electron chi connectivity index (χ1n) is 14.9. The summed E-state index contributed by atoms with van der Waals surface area (Å²) in [5.74, 6) is 3.42. The number of methoxy groups -OCH3 is 1. The molecular weight excluding hydrogens is 526 g/mol.